The average molecular weight is 448 g/mol. The summed E-state index contributed by atoms with van der Waals surface area (Å²) in [5.74, 6) is 0.713. The highest BCUT2D eigenvalue weighted by atomic mass is 35.5. The zero-order chi connectivity index (χ0) is 22.7. The van der Waals surface area contributed by atoms with Crippen LogP contribution in [0.2, 0.25) is 5.02 Å². The molecule has 1 heterocycles. The number of hydrogen-bond acceptors (Lipinski definition) is 2. The molecule has 0 aliphatic rings. The van der Waals surface area contributed by atoms with Crippen LogP contribution in [-0.2, 0) is 0 Å². The van der Waals surface area contributed by atoms with Crippen molar-refractivity contribution in [2.75, 3.05) is 5.32 Å². The fraction of sp³-hybridized carbons (Fsp3) is 0.192. The van der Waals surface area contributed by atoms with Crippen molar-refractivity contribution in [3.8, 4) is 16.9 Å². The Morgan fingerprint density at radius 1 is 0.969 bits per heavy atom. The minimum atomic E-state index is -0.296. The highest BCUT2D eigenvalue weighted by molar-refractivity contribution is 6.31. The molecule has 0 fully saturated rings. The number of rotatable bonds is 6. The molecule has 4 aromatic rings. The number of nitrogens with one attached hydrogen (secondary N) is 3. The van der Waals surface area contributed by atoms with Crippen LogP contribution in [0.25, 0.3) is 22.0 Å². The van der Waals surface area contributed by atoms with Gasteiger partial charge >= 0.3 is 6.03 Å². The van der Waals surface area contributed by atoms with Crippen molar-refractivity contribution in [2.45, 2.75) is 32.9 Å². The standard InChI is InChI=1S/C26H26ClN3O2/c1-16(2)32-21-11-7-10-20(15-21)29-26(31)28-17(3)25-24(18-8-5-4-6-9-18)22-14-19(27)12-13-23(22)30-25/h4-17,30H,1-3H3,(H2,28,29,31). The second-order valence-corrected chi connectivity index (χ2v) is 8.42. The number of benzene rings is 3. The molecule has 1 aromatic heterocycles. The molecule has 0 aliphatic heterocycles. The van der Waals surface area contributed by atoms with E-state index < -0.39 is 0 Å². The van der Waals surface area contributed by atoms with Gasteiger partial charge < -0.3 is 20.4 Å². The summed E-state index contributed by atoms with van der Waals surface area (Å²) in [5.41, 5.74) is 4.64. The van der Waals surface area contributed by atoms with Crippen LogP contribution in [0.5, 0.6) is 5.75 Å². The Labute approximate surface area is 192 Å². The molecule has 4 rings (SSSR count). The molecular formula is C26H26ClN3O2. The summed E-state index contributed by atoms with van der Waals surface area (Å²) < 4.78 is 5.71. The highest BCUT2D eigenvalue weighted by Gasteiger charge is 2.20. The van der Waals surface area contributed by atoms with Crippen molar-refractivity contribution in [1.29, 1.82) is 0 Å². The van der Waals surface area contributed by atoms with Gasteiger partial charge in [0.15, 0.2) is 0 Å². The van der Waals surface area contributed by atoms with Gasteiger partial charge in [0.1, 0.15) is 5.75 Å². The van der Waals surface area contributed by atoms with Crippen molar-refractivity contribution in [3.63, 3.8) is 0 Å². The van der Waals surface area contributed by atoms with Crippen LogP contribution < -0.4 is 15.4 Å². The number of amides is 2. The highest BCUT2D eigenvalue weighted by Crippen LogP contribution is 2.36. The predicted octanol–water partition coefficient (Wildman–Crippen LogP) is 7.16. The summed E-state index contributed by atoms with van der Waals surface area (Å²) in [6.07, 6.45) is 0.0611. The van der Waals surface area contributed by atoms with E-state index in [0.717, 1.165) is 27.7 Å². The van der Waals surface area contributed by atoms with E-state index >= 15 is 0 Å². The summed E-state index contributed by atoms with van der Waals surface area (Å²) >= 11 is 6.28. The quantitative estimate of drug-likeness (QED) is 0.293. The lowest BCUT2D eigenvalue weighted by Crippen LogP contribution is -2.31. The van der Waals surface area contributed by atoms with Gasteiger partial charge in [0.2, 0.25) is 0 Å². The second-order valence-electron chi connectivity index (χ2n) is 7.98. The molecular weight excluding hydrogens is 422 g/mol. The first-order valence-electron chi connectivity index (χ1n) is 10.6. The molecule has 3 aromatic carbocycles. The zero-order valence-corrected chi connectivity index (χ0v) is 19.0. The Morgan fingerprint density at radius 2 is 1.75 bits per heavy atom. The largest absolute Gasteiger partial charge is 0.491 e. The third-order valence-corrected chi connectivity index (χ3v) is 5.33. The molecule has 2 amide bonds. The van der Waals surface area contributed by atoms with E-state index in [1.807, 2.05) is 81.4 Å². The van der Waals surface area contributed by atoms with Crippen LogP contribution in [0.1, 0.15) is 32.5 Å². The zero-order valence-electron chi connectivity index (χ0n) is 18.3. The SMILES string of the molecule is CC(C)Oc1cccc(NC(=O)NC(C)c2[nH]c3ccc(Cl)cc3c2-c2ccccc2)c1. The number of H-pyrrole nitrogens is 1. The topological polar surface area (TPSA) is 66.2 Å². The van der Waals surface area contributed by atoms with Gasteiger partial charge in [-0.3, -0.25) is 0 Å². The van der Waals surface area contributed by atoms with Gasteiger partial charge in [-0.1, -0.05) is 48.0 Å². The first-order chi connectivity index (χ1) is 15.4. The lowest BCUT2D eigenvalue weighted by molar-refractivity contribution is 0.242. The van der Waals surface area contributed by atoms with Crippen molar-refractivity contribution in [2.24, 2.45) is 0 Å². The van der Waals surface area contributed by atoms with E-state index in [9.17, 15) is 4.79 Å². The third-order valence-electron chi connectivity index (χ3n) is 5.10. The monoisotopic (exact) mass is 447 g/mol. The molecule has 0 bridgehead atoms. The van der Waals surface area contributed by atoms with E-state index in [0.29, 0.717) is 16.5 Å². The molecule has 0 saturated carbocycles. The van der Waals surface area contributed by atoms with Crippen molar-refractivity contribution >= 4 is 34.2 Å². The lowest BCUT2D eigenvalue weighted by atomic mass is 9.99. The van der Waals surface area contributed by atoms with Crippen molar-refractivity contribution in [3.05, 3.63) is 83.5 Å². The Morgan fingerprint density at radius 3 is 2.50 bits per heavy atom. The summed E-state index contributed by atoms with van der Waals surface area (Å²) in [6.45, 7) is 5.88. The molecule has 0 saturated heterocycles. The van der Waals surface area contributed by atoms with Gasteiger partial charge in [-0.05, 0) is 56.7 Å². The summed E-state index contributed by atoms with van der Waals surface area (Å²) in [4.78, 5) is 16.2. The fourth-order valence-electron chi connectivity index (χ4n) is 3.78. The van der Waals surface area contributed by atoms with Gasteiger partial charge in [-0.25, -0.2) is 4.79 Å². The van der Waals surface area contributed by atoms with Crippen LogP contribution in [0.3, 0.4) is 0 Å². The van der Waals surface area contributed by atoms with Crippen LogP contribution >= 0.6 is 11.6 Å². The third kappa shape index (κ3) is 4.89. The van der Waals surface area contributed by atoms with Gasteiger partial charge in [-0.2, -0.15) is 0 Å². The Kier molecular flexibility index (Phi) is 6.37. The van der Waals surface area contributed by atoms with Crippen LogP contribution in [0, 0.1) is 0 Å². The molecule has 164 valence electrons. The number of hydrogen-bond donors (Lipinski definition) is 3. The maximum atomic E-state index is 12.7. The number of fused-ring (bicyclic) bond motifs is 1. The smallest absolute Gasteiger partial charge is 0.319 e. The number of aromatic amines is 1. The predicted molar refractivity (Wildman–Crippen MR) is 132 cm³/mol. The van der Waals surface area contributed by atoms with Gasteiger partial charge in [-0.15, -0.1) is 0 Å². The molecule has 5 nitrogen and oxygen atoms in total. The van der Waals surface area contributed by atoms with E-state index in [2.05, 4.69) is 27.8 Å². The number of aromatic nitrogens is 1. The number of ether oxygens (including phenoxy) is 1. The summed E-state index contributed by atoms with van der Waals surface area (Å²) in [6, 6.07) is 22.7. The number of carbonyl (C=O) groups excluding carboxylic acids is 1. The number of carbonyl (C=O) groups is 1. The average Bonchev–Trinajstić information content (AvgIpc) is 3.13. The Bertz CT molecular complexity index is 1230. The first-order valence-corrected chi connectivity index (χ1v) is 11.0. The van der Waals surface area contributed by atoms with E-state index in [1.165, 1.54) is 0 Å². The molecule has 3 N–H and O–H groups in total. The van der Waals surface area contributed by atoms with Crippen molar-refractivity contribution in [1.82, 2.24) is 10.3 Å². The molecule has 6 heteroatoms. The maximum Gasteiger partial charge on any atom is 0.319 e. The summed E-state index contributed by atoms with van der Waals surface area (Å²) in [5, 5.41) is 7.62. The minimum Gasteiger partial charge on any atom is -0.491 e. The molecule has 0 spiro atoms. The number of urea groups is 1. The molecule has 1 atom stereocenters. The lowest BCUT2D eigenvalue weighted by Gasteiger charge is -2.17. The van der Waals surface area contributed by atoms with Gasteiger partial charge in [0.25, 0.3) is 0 Å². The van der Waals surface area contributed by atoms with Crippen LogP contribution in [0.15, 0.2) is 72.8 Å². The van der Waals surface area contributed by atoms with Gasteiger partial charge in [0.05, 0.1) is 12.1 Å². The van der Waals surface area contributed by atoms with E-state index in [4.69, 9.17) is 16.3 Å². The van der Waals surface area contributed by atoms with Crippen molar-refractivity contribution < 1.29 is 9.53 Å². The Hall–Kier alpha value is -3.44. The Balaban J connectivity index is 1.59. The second kappa shape index (κ2) is 9.37. The van der Waals surface area contributed by atoms with Crippen LogP contribution in [0.4, 0.5) is 10.5 Å². The normalized spacial score (nSPS) is 12.0. The molecule has 0 aliphatic carbocycles. The van der Waals surface area contributed by atoms with Crippen LogP contribution in [-0.4, -0.2) is 17.1 Å². The maximum absolute atomic E-state index is 12.7. The fourth-order valence-corrected chi connectivity index (χ4v) is 3.95. The molecule has 32 heavy (non-hydrogen) atoms. The number of anilines is 1. The molecule has 1 unspecified atom stereocenters. The summed E-state index contributed by atoms with van der Waals surface area (Å²) in [7, 11) is 0. The number of halogens is 1. The van der Waals surface area contributed by atoms with Gasteiger partial charge in [0, 0.05) is 38.9 Å². The van der Waals surface area contributed by atoms with E-state index in [-0.39, 0.29) is 18.2 Å². The minimum absolute atomic E-state index is 0.0611. The first kappa shape index (κ1) is 21.8. The molecule has 0 radical (unpaired) electrons. The van der Waals surface area contributed by atoms with E-state index in [1.54, 1.807) is 0 Å².